The summed E-state index contributed by atoms with van der Waals surface area (Å²) in [5, 5.41) is 15.0. The van der Waals surface area contributed by atoms with Crippen molar-refractivity contribution in [1.82, 2.24) is 9.88 Å². The van der Waals surface area contributed by atoms with Gasteiger partial charge >= 0.3 is 6.03 Å². The Morgan fingerprint density at radius 2 is 2.05 bits per heavy atom. The summed E-state index contributed by atoms with van der Waals surface area (Å²) < 4.78 is 1.80. The van der Waals surface area contributed by atoms with E-state index < -0.39 is 0 Å². The van der Waals surface area contributed by atoms with Gasteiger partial charge in [0.05, 0.1) is 16.3 Å². The molecule has 1 heterocycles. The van der Waals surface area contributed by atoms with Gasteiger partial charge in [-0.2, -0.15) is 0 Å². The minimum absolute atomic E-state index is 0.0920. The number of pyridine rings is 1. The van der Waals surface area contributed by atoms with Crippen molar-refractivity contribution in [3.8, 4) is 0 Å². The van der Waals surface area contributed by atoms with Crippen LogP contribution in [-0.2, 0) is 7.05 Å². The Kier molecular flexibility index (Phi) is 4.82. The summed E-state index contributed by atoms with van der Waals surface area (Å²) in [6.07, 6.45) is 4.33. The van der Waals surface area contributed by atoms with Crippen LogP contribution < -0.4 is 16.2 Å². The zero-order chi connectivity index (χ0) is 14.7. The Bertz CT molecular complexity index is 524. The summed E-state index contributed by atoms with van der Waals surface area (Å²) in [5.74, 6) is 0. The summed E-state index contributed by atoms with van der Waals surface area (Å²) in [6, 6.07) is 1.37. The Morgan fingerprint density at radius 1 is 1.40 bits per heavy atom. The van der Waals surface area contributed by atoms with Crippen LogP contribution in [0.25, 0.3) is 0 Å². The van der Waals surface area contributed by atoms with Gasteiger partial charge in [0.15, 0.2) is 0 Å². The number of anilines is 1. The number of amides is 2. The average molecular weight is 344 g/mol. The number of urea groups is 1. The molecule has 0 aromatic carbocycles. The van der Waals surface area contributed by atoms with Crippen LogP contribution >= 0.6 is 15.9 Å². The molecule has 1 aromatic heterocycles. The molecule has 110 valence electrons. The van der Waals surface area contributed by atoms with Crippen LogP contribution in [0.4, 0.5) is 10.5 Å². The van der Waals surface area contributed by atoms with Gasteiger partial charge in [0.1, 0.15) is 0 Å². The van der Waals surface area contributed by atoms with Crippen molar-refractivity contribution < 1.29 is 9.90 Å². The zero-order valence-corrected chi connectivity index (χ0v) is 12.8. The predicted molar refractivity (Wildman–Crippen MR) is 79.8 cm³/mol. The Labute approximate surface area is 125 Å². The first-order valence-electron chi connectivity index (χ1n) is 6.57. The maximum atomic E-state index is 11.9. The molecule has 1 aromatic rings. The number of halogens is 1. The number of carbonyl (C=O) groups excluding carboxylic acids is 1. The fourth-order valence-electron chi connectivity index (χ4n) is 2.31. The van der Waals surface area contributed by atoms with Gasteiger partial charge < -0.3 is 20.3 Å². The van der Waals surface area contributed by atoms with E-state index >= 15 is 0 Å². The van der Waals surface area contributed by atoms with Crippen molar-refractivity contribution in [2.24, 2.45) is 7.05 Å². The van der Waals surface area contributed by atoms with E-state index in [-0.39, 0.29) is 23.7 Å². The summed E-state index contributed by atoms with van der Waals surface area (Å²) >= 11 is 3.16. The second kappa shape index (κ2) is 6.41. The van der Waals surface area contributed by atoms with Gasteiger partial charge in [-0.05, 0) is 47.7 Å². The molecule has 0 atom stereocenters. The van der Waals surface area contributed by atoms with Crippen LogP contribution in [0, 0.1) is 0 Å². The molecular weight excluding hydrogens is 326 g/mol. The van der Waals surface area contributed by atoms with Gasteiger partial charge in [0.25, 0.3) is 5.56 Å². The van der Waals surface area contributed by atoms with Crippen LogP contribution in [0.1, 0.15) is 25.7 Å². The van der Waals surface area contributed by atoms with Crippen LogP contribution in [-0.4, -0.2) is 27.9 Å². The van der Waals surface area contributed by atoms with Gasteiger partial charge in [-0.3, -0.25) is 4.79 Å². The normalized spacial score (nSPS) is 22.4. The number of rotatable bonds is 2. The van der Waals surface area contributed by atoms with Gasteiger partial charge in [-0.25, -0.2) is 4.79 Å². The molecule has 1 aliphatic carbocycles. The van der Waals surface area contributed by atoms with Crippen LogP contribution in [0.5, 0.6) is 0 Å². The number of carbonyl (C=O) groups is 1. The van der Waals surface area contributed by atoms with Crippen molar-refractivity contribution >= 4 is 27.6 Å². The summed E-state index contributed by atoms with van der Waals surface area (Å²) in [5.41, 5.74) is 0.393. The van der Waals surface area contributed by atoms with Crippen LogP contribution in [0.2, 0.25) is 0 Å². The van der Waals surface area contributed by atoms with Gasteiger partial charge in [0.2, 0.25) is 0 Å². The van der Waals surface area contributed by atoms with Crippen LogP contribution in [0.15, 0.2) is 21.5 Å². The Morgan fingerprint density at radius 3 is 2.65 bits per heavy atom. The van der Waals surface area contributed by atoms with Crippen LogP contribution in [0.3, 0.4) is 0 Å². The van der Waals surface area contributed by atoms with Gasteiger partial charge in [-0.1, -0.05) is 0 Å². The number of nitrogens with one attached hydrogen (secondary N) is 2. The van der Waals surface area contributed by atoms with E-state index in [0.29, 0.717) is 10.2 Å². The largest absolute Gasteiger partial charge is 0.393 e. The first-order chi connectivity index (χ1) is 9.45. The van der Waals surface area contributed by atoms with Crippen molar-refractivity contribution in [2.45, 2.75) is 37.8 Å². The highest BCUT2D eigenvalue weighted by atomic mass is 79.9. The smallest absolute Gasteiger partial charge is 0.319 e. The van der Waals surface area contributed by atoms with E-state index in [1.165, 1.54) is 4.57 Å². The maximum Gasteiger partial charge on any atom is 0.319 e. The third-order valence-corrected chi connectivity index (χ3v) is 4.00. The number of nitrogens with zero attached hydrogens (tertiary/aromatic N) is 1. The minimum Gasteiger partial charge on any atom is -0.393 e. The average Bonchev–Trinajstić information content (AvgIpc) is 2.38. The molecule has 6 nitrogen and oxygen atoms in total. The van der Waals surface area contributed by atoms with E-state index in [0.717, 1.165) is 25.7 Å². The predicted octanol–water partition coefficient (Wildman–Crippen LogP) is 1.57. The highest BCUT2D eigenvalue weighted by Crippen LogP contribution is 2.18. The van der Waals surface area contributed by atoms with Crippen molar-refractivity contribution in [3.05, 3.63) is 27.1 Å². The maximum absolute atomic E-state index is 11.9. The lowest BCUT2D eigenvalue weighted by Crippen LogP contribution is -2.41. The number of hydrogen-bond donors (Lipinski definition) is 3. The van der Waals surface area contributed by atoms with E-state index in [1.807, 2.05) is 0 Å². The molecule has 2 amide bonds. The zero-order valence-electron chi connectivity index (χ0n) is 11.2. The number of aliphatic hydroxyl groups excluding tert-OH is 1. The fraction of sp³-hybridized carbons (Fsp3) is 0.538. The molecule has 0 bridgehead atoms. The van der Waals surface area contributed by atoms with E-state index in [9.17, 15) is 14.7 Å². The summed E-state index contributed by atoms with van der Waals surface area (Å²) in [6.45, 7) is 0. The van der Waals surface area contributed by atoms with E-state index in [1.54, 1.807) is 19.3 Å². The highest BCUT2D eigenvalue weighted by molar-refractivity contribution is 9.10. The molecule has 0 aliphatic heterocycles. The number of hydrogen-bond acceptors (Lipinski definition) is 3. The molecule has 1 aliphatic rings. The van der Waals surface area contributed by atoms with E-state index in [2.05, 4.69) is 26.6 Å². The third kappa shape index (κ3) is 3.83. The molecule has 2 rings (SSSR count). The van der Waals surface area contributed by atoms with E-state index in [4.69, 9.17) is 0 Å². The molecule has 7 heteroatoms. The monoisotopic (exact) mass is 343 g/mol. The fourth-order valence-corrected chi connectivity index (χ4v) is 2.84. The standard InChI is InChI=1S/C13H18BrN3O3/c1-17-7-9(6-11(14)12(17)19)16-13(20)15-8-2-4-10(18)5-3-8/h6-8,10,18H,2-5H2,1H3,(H2,15,16,20). The first kappa shape index (κ1) is 15.1. The van der Waals surface area contributed by atoms with Crippen molar-refractivity contribution in [1.29, 1.82) is 0 Å². The molecular formula is C13H18BrN3O3. The molecule has 0 spiro atoms. The number of aryl methyl sites for hydroxylation is 1. The topological polar surface area (TPSA) is 83.4 Å². The molecule has 3 N–H and O–H groups in total. The second-order valence-corrected chi connectivity index (χ2v) is 5.95. The number of aliphatic hydroxyl groups is 1. The number of aromatic nitrogens is 1. The third-order valence-electron chi connectivity index (χ3n) is 3.43. The Hall–Kier alpha value is -1.34. The molecule has 1 fully saturated rings. The first-order valence-corrected chi connectivity index (χ1v) is 7.37. The minimum atomic E-state index is -0.295. The lowest BCUT2D eigenvalue weighted by atomic mass is 9.93. The lowest BCUT2D eigenvalue weighted by molar-refractivity contribution is 0.118. The quantitative estimate of drug-likeness (QED) is 0.762. The molecule has 20 heavy (non-hydrogen) atoms. The highest BCUT2D eigenvalue weighted by Gasteiger charge is 2.20. The van der Waals surface area contributed by atoms with Crippen molar-refractivity contribution in [2.75, 3.05) is 5.32 Å². The second-order valence-electron chi connectivity index (χ2n) is 5.10. The molecule has 0 saturated heterocycles. The van der Waals surface area contributed by atoms with Gasteiger partial charge in [-0.15, -0.1) is 0 Å². The molecule has 0 radical (unpaired) electrons. The summed E-state index contributed by atoms with van der Waals surface area (Å²) in [4.78, 5) is 23.4. The van der Waals surface area contributed by atoms with Gasteiger partial charge in [0, 0.05) is 19.3 Å². The van der Waals surface area contributed by atoms with Crippen molar-refractivity contribution in [3.63, 3.8) is 0 Å². The lowest BCUT2D eigenvalue weighted by Gasteiger charge is -2.26. The molecule has 0 unspecified atom stereocenters. The summed E-state index contributed by atoms with van der Waals surface area (Å²) in [7, 11) is 1.62. The SMILES string of the molecule is Cn1cc(NC(=O)NC2CCC(O)CC2)cc(Br)c1=O. The Balaban J connectivity index is 1.93. The molecule has 1 saturated carbocycles.